The number of aromatic nitrogens is 1. The van der Waals surface area contributed by atoms with Crippen LogP contribution >= 0.6 is 0 Å². The number of nitrogens with zero attached hydrogens (tertiary/aromatic N) is 2. The number of carbonyl (C=O) groups excluding carboxylic acids is 3. The molecule has 7 rings (SSSR count). The Labute approximate surface area is 298 Å². The van der Waals surface area contributed by atoms with Crippen molar-refractivity contribution in [1.82, 2.24) is 14.8 Å². The monoisotopic (exact) mass is 689 g/mol. The van der Waals surface area contributed by atoms with Gasteiger partial charge in [0.05, 0.1) is 29.9 Å². The van der Waals surface area contributed by atoms with E-state index < -0.39 is 11.0 Å². The Morgan fingerprint density at radius 2 is 1.66 bits per heavy atom. The molecule has 4 aliphatic rings. The lowest BCUT2D eigenvalue weighted by atomic mass is 9.85. The van der Waals surface area contributed by atoms with E-state index in [0.717, 1.165) is 56.2 Å². The molecule has 3 heterocycles. The van der Waals surface area contributed by atoms with Gasteiger partial charge in [0.15, 0.2) is 0 Å². The van der Waals surface area contributed by atoms with E-state index >= 15 is 0 Å². The van der Waals surface area contributed by atoms with Gasteiger partial charge in [-0.2, -0.15) is 0 Å². The highest BCUT2D eigenvalue weighted by atomic mass is 16.5. The molecule has 274 valence electrons. The van der Waals surface area contributed by atoms with E-state index in [1.54, 1.807) is 14.2 Å². The van der Waals surface area contributed by atoms with E-state index in [2.05, 4.69) is 41.9 Å². The number of ether oxygens (including phenoxy) is 1. The molecule has 0 bridgehead atoms. The predicted octanol–water partition coefficient (Wildman–Crippen LogP) is 7.20. The van der Waals surface area contributed by atoms with Crippen LogP contribution in [0.15, 0.2) is 36.4 Å². The number of aliphatic hydroxyl groups excluding tert-OH is 1. The molecule has 2 saturated carbocycles. The molecule has 3 aromatic rings. The van der Waals surface area contributed by atoms with Gasteiger partial charge in [-0.1, -0.05) is 46.6 Å². The average Bonchev–Trinajstić information content (AvgIpc) is 4.06. The molecular formula is C41H59N3O6. The van der Waals surface area contributed by atoms with E-state index in [0.29, 0.717) is 44.0 Å². The number of hydrogen-bond donors (Lipinski definition) is 3. The van der Waals surface area contributed by atoms with Crippen molar-refractivity contribution in [2.45, 2.75) is 122 Å². The molecule has 2 aliphatic heterocycles. The molecule has 0 spiro atoms. The minimum absolute atomic E-state index is 0.0833. The molecule has 9 heteroatoms. The zero-order valence-corrected chi connectivity index (χ0v) is 31.3. The minimum atomic E-state index is -0.719. The number of fused-ring (bicyclic) bond motifs is 7. The summed E-state index contributed by atoms with van der Waals surface area (Å²) in [5, 5.41) is 22.7. The molecule has 9 nitrogen and oxygen atoms in total. The number of piperidine rings is 1. The Morgan fingerprint density at radius 1 is 1.04 bits per heavy atom. The van der Waals surface area contributed by atoms with E-state index in [1.165, 1.54) is 27.8 Å². The standard InChI is InChI=1S/C35H45N3O4.C3H6O.C2H6.CH2O/c1-6-8-22(9-7-2)30-26-12-10-23(32(39)36-4)18-29(26)38-21-35(33(40)37-16-14-34(3,41)15-17-37)20-28(35)27-19-24(42-5)11-13-25(27)31(30)38;4-3-1-2-3;2*1-2/h10-13,18-19,22,28,41H,6-9,14-17,20-21H2,1-5H3,(H,36,39);3-4H,1-2H2;1-2H3;1H2. The third-order valence-corrected chi connectivity index (χ3v) is 10.8. The van der Waals surface area contributed by atoms with Gasteiger partial charge in [0.25, 0.3) is 5.91 Å². The first kappa shape index (κ1) is 39.1. The Morgan fingerprint density at radius 3 is 2.20 bits per heavy atom. The predicted molar refractivity (Wildman–Crippen MR) is 200 cm³/mol. The molecule has 2 aliphatic carbocycles. The number of carbonyl (C=O) groups is 3. The van der Waals surface area contributed by atoms with Gasteiger partial charge in [-0.15, -0.1) is 0 Å². The molecule has 2 atom stereocenters. The summed E-state index contributed by atoms with van der Waals surface area (Å²) in [6.07, 6.45) is 8.50. The molecule has 2 unspecified atom stereocenters. The van der Waals surface area contributed by atoms with Gasteiger partial charge < -0.3 is 34.5 Å². The first-order chi connectivity index (χ1) is 24.1. The highest BCUT2D eigenvalue weighted by Crippen LogP contribution is 2.66. The Balaban J connectivity index is 0.000000636. The molecule has 50 heavy (non-hydrogen) atoms. The van der Waals surface area contributed by atoms with Crippen molar-refractivity contribution < 1.29 is 29.3 Å². The van der Waals surface area contributed by atoms with Crippen LogP contribution in [-0.2, 0) is 16.1 Å². The van der Waals surface area contributed by atoms with Crippen LogP contribution < -0.4 is 10.1 Å². The molecule has 3 N–H and O–H groups in total. The summed E-state index contributed by atoms with van der Waals surface area (Å²) >= 11 is 0. The van der Waals surface area contributed by atoms with Crippen LogP contribution in [-0.4, -0.2) is 77.2 Å². The Bertz CT molecular complexity index is 1630. The summed E-state index contributed by atoms with van der Waals surface area (Å²) in [5.74, 6) is 1.36. The number of rotatable bonds is 8. The minimum Gasteiger partial charge on any atom is -0.497 e. The van der Waals surface area contributed by atoms with Crippen LogP contribution in [0.3, 0.4) is 0 Å². The second-order valence-electron chi connectivity index (χ2n) is 14.3. The highest BCUT2D eigenvalue weighted by Gasteiger charge is 2.64. The summed E-state index contributed by atoms with van der Waals surface area (Å²) in [5.41, 5.74) is 5.29. The van der Waals surface area contributed by atoms with Crippen LogP contribution in [0.4, 0.5) is 0 Å². The number of benzene rings is 2. The van der Waals surface area contributed by atoms with Crippen molar-refractivity contribution in [3.63, 3.8) is 0 Å². The Kier molecular flexibility index (Phi) is 12.9. The highest BCUT2D eigenvalue weighted by molar-refractivity contribution is 6.01. The van der Waals surface area contributed by atoms with Crippen molar-refractivity contribution in [3.8, 4) is 17.0 Å². The quantitative estimate of drug-likeness (QED) is 0.230. The van der Waals surface area contributed by atoms with Crippen molar-refractivity contribution >= 4 is 29.5 Å². The largest absolute Gasteiger partial charge is 0.497 e. The van der Waals surface area contributed by atoms with E-state index in [1.807, 2.05) is 50.7 Å². The lowest BCUT2D eigenvalue weighted by molar-refractivity contribution is -0.141. The summed E-state index contributed by atoms with van der Waals surface area (Å²) in [6, 6.07) is 12.5. The van der Waals surface area contributed by atoms with Gasteiger partial charge in [-0.05, 0) is 99.2 Å². The normalized spacial score (nSPS) is 21.0. The van der Waals surface area contributed by atoms with Crippen LogP contribution in [0.5, 0.6) is 5.75 Å². The Hall–Kier alpha value is -3.69. The van der Waals surface area contributed by atoms with Crippen molar-refractivity contribution in [2.24, 2.45) is 5.41 Å². The molecule has 2 amide bonds. The maximum Gasteiger partial charge on any atom is 0.251 e. The van der Waals surface area contributed by atoms with Crippen molar-refractivity contribution in [1.29, 1.82) is 0 Å². The molecule has 2 aromatic carbocycles. The fourth-order valence-electron chi connectivity index (χ4n) is 7.89. The van der Waals surface area contributed by atoms with Crippen LogP contribution in [0.2, 0.25) is 0 Å². The maximum atomic E-state index is 14.5. The average molecular weight is 690 g/mol. The van der Waals surface area contributed by atoms with Crippen LogP contribution in [0, 0.1) is 5.41 Å². The number of likely N-dealkylation sites (tertiary alicyclic amines) is 1. The first-order valence-corrected chi connectivity index (χ1v) is 18.6. The topological polar surface area (TPSA) is 121 Å². The number of aliphatic hydroxyl groups is 2. The van der Waals surface area contributed by atoms with Gasteiger partial charge in [0.2, 0.25) is 5.91 Å². The second kappa shape index (κ2) is 16.6. The van der Waals surface area contributed by atoms with E-state index in [-0.39, 0.29) is 23.8 Å². The molecular weight excluding hydrogens is 630 g/mol. The van der Waals surface area contributed by atoms with Gasteiger partial charge in [-0.25, -0.2) is 0 Å². The molecule has 0 radical (unpaired) electrons. The molecule has 1 saturated heterocycles. The SMILES string of the molecule is C=O.CC.CCCC(CCC)c1c2n(c3cc(C(=O)NC)ccc13)CC1(C(=O)N3CCC(C)(O)CC3)CC1c1cc(OC)ccc1-2.OC1CC1. The lowest BCUT2D eigenvalue weighted by Gasteiger charge is -2.38. The van der Waals surface area contributed by atoms with E-state index in [4.69, 9.17) is 14.6 Å². The van der Waals surface area contributed by atoms with Crippen molar-refractivity contribution in [3.05, 3.63) is 53.1 Å². The van der Waals surface area contributed by atoms with Gasteiger partial charge in [0.1, 0.15) is 12.5 Å². The van der Waals surface area contributed by atoms with Crippen LogP contribution in [0.1, 0.15) is 126 Å². The van der Waals surface area contributed by atoms with Gasteiger partial charge >= 0.3 is 0 Å². The summed E-state index contributed by atoms with van der Waals surface area (Å²) in [4.78, 5) is 37.3. The zero-order chi connectivity index (χ0) is 36.8. The number of nitrogens with one attached hydrogen (secondary N) is 1. The summed E-state index contributed by atoms with van der Waals surface area (Å²) in [7, 11) is 3.36. The van der Waals surface area contributed by atoms with Crippen molar-refractivity contribution in [2.75, 3.05) is 27.2 Å². The van der Waals surface area contributed by atoms with Gasteiger partial charge in [0, 0.05) is 54.6 Å². The molecule has 3 fully saturated rings. The summed E-state index contributed by atoms with van der Waals surface area (Å²) < 4.78 is 8.08. The van der Waals surface area contributed by atoms with Crippen LogP contribution in [0.25, 0.3) is 22.2 Å². The third kappa shape index (κ3) is 7.79. The second-order valence-corrected chi connectivity index (χ2v) is 14.3. The maximum absolute atomic E-state index is 14.5. The first-order valence-electron chi connectivity index (χ1n) is 18.6. The lowest BCUT2D eigenvalue weighted by Crippen LogP contribution is -2.48. The summed E-state index contributed by atoms with van der Waals surface area (Å²) in [6.45, 7) is 14.1. The molecule has 1 aromatic heterocycles. The smallest absolute Gasteiger partial charge is 0.251 e. The van der Waals surface area contributed by atoms with E-state index in [9.17, 15) is 14.7 Å². The van der Waals surface area contributed by atoms with Gasteiger partial charge in [-0.3, -0.25) is 9.59 Å². The third-order valence-electron chi connectivity index (χ3n) is 10.8. The number of methoxy groups -OCH3 is 1. The fourth-order valence-corrected chi connectivity index (χ4v) is 7.89. The zero-order valence-electron chi connectivity index (χ0n) is 31.3. The number of amides is 2. The number of hydrogen-bond acceptors (Lipinski definition) is 6. The fraction of sp³-hybridized carbons (Fsp3) is 0.585.